The SMILES string of the molecule is CC(C)[C@@H]1CC[C@H](C)[C@@H](C(=O)c2ccccc2)C1=O. The molecule has 0 saturated heterocycles. The van der Waals surface area contributed by atoms with Crippen LogP contribution in [-0.2, 0) is 4.79 Å². The van der Waals surface area contributed by atoms with Crippen LogP contribution in [0.3, 0.4) is 0 Å². The summed E-state index contributed by atoms with van der Waals surface area (Å²) >= 11 is 0. The summed E-state index contributed by atoms with van der Waals surface area (Å²) < 4.78 is 0. The van der Waals surface area contributed by atoms with E-state index in [0.717, 1.165) is 12.8 Å². The van der Waals surface area contributed by atoms with Gasteiger partial charge in [0.15, 0.2) is 5.78 Å². The molecule has 1 aliphatic rings. The smallest absolute Gasteiger partial charge is 0.173 e. The maximum Gasteiger partial charge on any atom is 0.173 e. The number of benzene rings is 1. The molecule has 1 aliphatic carbocycles. The van der Waals surface area contributed by atoms with E-state index < -0.39 is 5.92 Å². The van der Waals surface area contributed by atoms with E-state index >= 15 is 0 Å². The lowest BCUT2D eigenvalue weighted by atomic mass is 9.68. The molecular formula is C17H22O2. The molecular weight excluding hydrogens is 236 g/mol. The minimum Gasteiger partial charge on any atom is -0.299 e. The largest absolute Gasteiger partial charge is 0.299 e. The van der Waals surface area contributed by atoms with Crippen molar-refractivity contribution in [1.29, 1.82) is 0 Å². The lowest BCUT2D eigenvalue weighted by Crippen LogP contribution is -2.40. The molecule has 3 atom stereocenters. The first-order chi connectivity index (χ1) is 9.02. The van der Waals surface area contributed by atoms with Gasteiger partial charge in [0.2, 0.25) is 0 Å². The zero-order valence-corrected chi connectivity index (χ0v) is 11.9. The zero-order valence-electron chi connectivity index (χ0n) is 11.9. The summed E-state index contributed by atoms with van der Waals surface area (Å²) in [5.41, 5.74) is 0.664. The lowest BCUT2D eigenvalue weighted by Gasteiger charge is -2.34. The third-order valence-electron chi connectivity index (χ3n) is 4.32. The number of hydrogen-bond donors (Lipinski definition) is 0. The van der Waals surface area contributed by atoms with Gasteiger partial charge in [-0.2, -0.15) is 0 Å². The molecule has 1 saturated carbocycles. The Morgan fingerprint density at radius 2 is 1.79 bits per heavy atom. The maximum absolute atomic E-state index is 12.6. The molecule has 2 heteroatoms. The average Bonchev–Trinajstić information content (AvgIpc) is 2.39. The minimum atomic E-state index is -0.441. The van der Waals surface area contributed by atoms with Gasteiger partial charge in [-0.25, -0.2) is 0 Å². The number of carbonyl (C=O) groups excluding carboxylic acids is 2. The monoisotopic (exact) mass is 258 g/mol. The first kappa shape index (κ1) is 14.0. The average molecular weight is 258 g/mol. The second-order valence-corrected chi connectivity index (χ2v) is 6.02. The number of hydrogen-bond acceptors (Lipinski definition) is 2. The molecule has 0 amide bonds. The van der Waals surface area contributed by atoms with Crippen molar-refractivity contribution in [2.24, 2.45) is 23.7 Å². The molecule has 0 aliphatic heterocycles. The number of ketones is 2. The fraction of sp³-hybridized carbons (Fsp3) is 0.529. The van der Waals surface area contributed by atoms with Gasteiger partial charge in [0.1, 0.15) is 5.78 Å². The predicted octanol–water partition coefficient (Wildman–Crippen LogP) is 3.76. The Morgan fingerprint density at radius 1 is 1.16 bits per heavy atom. The van der Waals surface area contributed by atoms with Crippen LogP contribution >= 0.6 is 0 Å². The van der Waals surface area contributed by atoms with E-state index in [0.29, 0.717) is 11.5 Å². The van der Waals surface area contributed by atoms with E-state index in [1.807, 2.05) is 25.1 Å². The number of carbonyl (C=O) groups is 2. The second kappa shape index (κ2) is 5.68. The van der Waals surface area contributed by atoms with Crippen LogP contribution in [0.2, 0.25) is 0 Å². The van der Waals surface area contributed by atoms with Crippen LogP contribution in [0.1, 0.15) is 44.0 Å². The Labute approximate surface area is 115 Å². The van der Waals surface area contributed by atoms with E-state index in [1.54, 1.807) is 12.1 Å². The molecule has 0 aromatic heterocycles. The highest BCUT2D eigenvalue weighted by atomic mass is 16.2. The van der Waals surface area contributed by atoms with Crippen molar-refractivity contribution < 1.29 is 9.59 Å². The standard InChI is InChI=1S/C17H22O2/c1-11(2)14-10-9-12(3)15(17(14)19)16(18)13-7-5-4-6-8-13/h4-8,11-12,14-15H,9-10H2,1-3H3/t12-,14-,15-/m0/s1. The van der Waals surface area contributed by atoms with Gasteiger partial charge < -0.3 is 0 Å². The van der Waals surface area contributed by atoms with Crippen LogP contribution in [-0.4, -0.2) is 11.6 Å². The number of rotatable bonds is 3. The highest BCUT2D eigenvalue weighted by Crippen LogP contribution is 2.36. The van der Waals surface area contributed by atoms with Crippen LogP contribution in [0.4, 0.5) is 0 Å². The Morgan fingerprint density at radius 3 is 2.37 bits per heavy atom. The van der Waals surface area contributed by atoms with Crippen LogP contribution < -0.4 is 0 Å². The predicted molar refractivity (Wildman–Crippen MR) is 76.0 cm³/mol. The van der Waals surface area contributed by atoms with Gasteiger partial charge in [-0.1, -0.05) is 51.1 Å². The van der Waals surface area contributed by atoms with Gasteiger partial charge in [0.05, 0.1) is 5.92 Å². The fourth-order valence-electron chi connectivity index (χ4n) is 3.09. The Hall–Kier alpha value is -1.44. The molecule has 19 heavy (non-hydrogen) atoms. The molecule has 1 aromatic rings. The van der Waals surface area contributed by atoms with Crippen LogP contribution in [0.5, 0.6) is 0 Å². The summed E-state index contributed by atoms with van der Waals surface area (Å²) in [5.74, 6) is 0.254. The summed E-state index contributed by atoms with van der Waals surface area (Å²) in [7, 11) is 0. The molecule has 1 aromatic carbocycles. The first-order valence-electron chi connectivity index (χ1n) is 7.15. The highest BCUT2D eigenvalue weighted by molar-refractivity contribution is 6.11. The Balaban J connectivity index is 2.26. The van der Waals surface area contributed by atoms with Gasteiger partial charge in [0.25, 0.3) is 0 Å². The van der Waals surface area contributed by atoms with Crippen molar-refractivity contribution in [2.45, 2.75) is 33.6 Å². The third-order valence-corrected chi connectivity index (χ3v) is 4.32. The summed E-state index contributed by atoms with van der Waals surface area (Å²) in [4.78, 5) is 25.1. The van der Waals surface area contributed by atoms with Crippen molar-refractivity contribution in [2.75, 3.05) is 0 Å². The van der Waals surface area contributed by atoms with Crippen LogP contribution in [0, 0.1) is 23.7 Å². The summed E-state index contributed by atoms with van der Waals surface area (Å²) in [6.07, 6.45) is 1.90. The quantitative estimate of drug-likeness (QED) is 0.611. The van der Waals surface area contributed by atoms with Gasteiger partial charge in [0, 0.05) is 11.5 Å². The zero-order chi connectivity index (χ0) is 14.0. The lowest BCUT2D eigenvalue weighted by molar-refractivity contribution is -0.130. The molecule has 2 rings (SSSR count). The van der Waals surface area contributed by atoms with E-state index in [-0.39, 0.29) is 23.4 Å². The van der Waals surface area contributed by atoms with Crippen molar-refractivity contribution in [1.82, 2.24) is 0 Å². The molecule has 2 nitrogen and oxygen atoms in total. The summed E-state index contributed by atoms with van der Waals surface area (Å²) in [6, 6.07) is 9.21. The molecule has 0 spiro atoms. The van der Waals surface area contributed by atoms with E-state index in [4.69, 9.17) is 0 Å². The molecule has 0 N–H and O–H groups in total. The van der Waals surface area contributed by atoms with Crippen LogP contribution in [0.15, 0.2) is 30.3 Å². The molecule has 0 unspecified atom stereocenters. The van der Waals surface area contributed by atoms with Gasteiger partial charge in [-0.15, -0.1) is 0 Å². The topological polar surface area (TPSA) is 34.1 Å². The molecule has 0 radical (unpaired) electrons. The minimum absolute atomic E-state index is 0.00319. The van der Waals surface area contributed by atoms with Gasteiger partial charge in [-0.05, 0) is 24.7 Å². The van der Waals surface area contributed by atoms with Crippen molar-refractivity contribution >= 4 is 11.6 Å². The molecule has 0 bridgehead atoms. The summed E-state index contributed by atoms with van der Waals surface area (Å²) in [6.45, 7) is 6.17. The van der Waals surface area contributed by atoms with E-state index in [9.17, 15) is 9.59 Å². The highest BCUT2D eigenvalue weighted by Gasteiger charge is 2.41. The maximum atomic E-state index is 12.6. The first-order valence-corrected chi connectivity index (χ1v) is 7.15. The van der Waals surface area contributed by atoms with Gasteiger partial charge in [-0.3, -0.25) is 9.59 Å². The van der Waals surface area contributed by atoms with Crippen molar-refractivity contribution in [3.63, 3.8) is 0 Å². The van der Waals surface area contributed by atoms with Crippen molar-refractivity contribution in [3.05, 3.63) is 35.9 Å². The van der Waals surface area contributed by atoms with Crippen LogP contribution in [0.25, 0.3) is 0 Å². The Bertz CT molecular complexity index is 461. The van der Waals surface area contributed by atoms with Gasteiger partial charge >= 0.3 is 0 Å². The molecule has 1 fully saturated rings. The third kappa shape index (κ3) is 2.78. The molecule has 0 heterocycles. The number of Topliss-reactive ketones (excluding diaryl/α,β-unsaturated/α-hetero) is 2. The summed E-state index contributed by atoms with van der Waals surface area (Å²) in [5, 5.41) is 0. The second-order valence-electron chi connectivity index (χ2n) is 6.02. The van der Waals surface area contributed by atoms with Crippen molar-refractivity contribution in [3.8, 4) is 0 Å². The Kier molecular flexibility index (Phi) is 4.18. The molecule has 102 valence electrons. The van der Waals surface area contributed by atoms with E-state index in [2.05, 4.69) is 13.8 Å². The normalized spacial score (nSPS) is 27.6. The fourth-order valence-corrected chi connectivity index (χ4v) is 3.09. The van der Waals surface area contributed by atoms with E-state index in [1.165, 1.54) is 0 Å².